The van der Waals surface area contributed by atoms with Crippen LogP contribution in [0.15, 0.2) is 12.1 Å². The normalized spacial score (nSPS) is 22.4. The van der Waals surface area contributed by atoms with E-state index in [1.807, 2.05) is 0 Å². The second-order valence-corrected chi connectivity index (χ2v) is 5.13. The molecule has 0 aromatic heterocycles. The molecule has 2 rings (SSSR count). The number of rotatable bonds is 4. The van der Waals surface area contributed by atoms with E-state index in [9.17, 15) is 14.7 Å². The summed E-state index contributed by atoms with van der Waals surface area (Å²) < 4.78 is 16.0. The number of carbonyl (C=O) groups excluding carboxylic acids is 1. The van der Waals surface area contributed by atoms with E-state index < -0.39 is 17.5 Å². The lowest BCUT2D eigenvalue weighted by molar-refractivity contribution is -0.155. The van der Waals surface area contributed by atoms with Gasteiger partial charge in [-0.25, -0.2) is 0 Å². The van der Waals surface area contributed by atoms with Gasteiger partial charge >= 0.3 is 5.97 Å². The van der Waals surface area contributed by atoms with Gasteiger partial charge in [0.2, 0.25) is 0 Å². The van der Waals surface area contributed by atoms with Crippen LogP contribution in [-0.4, -0.2) is 37.7 Å². The van der Waals surface area contributed by atoms with Gasteiger partial charge < -0.3 is 19.3 Å². The van der Waals surface area contributed by atoms with Crippen molar-refractivity contribution in [3.8, 4) is 11.5 Å². The standard InChI is InChI=1S/C15H18O6/c1-8(14(17)18)15(2)10-6-13(20-4)12(19-3)5-9(10)11(16)7-21-15/h5-6,8H,7H2,1-4H3,(H,17,18). The van der Waals surface area contributed by atoms with Crippen molar-refractivity contribution in [3.05, 3.63) is 23.3 Å². The summed E-state index contributed by atoms with van der Waals surface area (Å²) in [6, 6.07) is 3.19. The molecule has 0 spiro atoms. The molecule has 1 aliphatic rings. The second kappa shape index (κ2) is 5.37. The summed E-state index contributed by atoms with van der Waals surface area (Å²) in [4.78, 5) is 23.4. The zero-order valence-electron chi connectivity index (χ0n) is 12.4. The van der Waals surface area contributed by atoms with E-state index in [2.05, 4.69) is 0 Å². The Morgan fingerprint density at radius 3 is 2.43 bits per heavy atom. The fourth-order valence-corrected chi connectivity index (χ4v) is 2.49. The zero-order chi connectivity index (χ0) is 15.8. The first-order valence-corrected chi connectivity index (χ1v) is 6.51. The lowest BCUT2D eigenvalue weighted by Gasteiger charge is -2.38. The van der Waals surface area contributed by atoms with E-state index in [0.29, 0.717) is 22.6 Å². The predicted molar refractivity (Wildman–Crippen MR) is 74.0 cm³/mol. The van der Waals surface area contributed by atoms with Crippen molar-refractivity contribution in [2.75, 3.05) is 20.8 Å². The molecule has 0 radical (unpaired) electrons. The summed E-state index contributed by atoms with van der Waals surface area (Å²) in [6.45, 7) is 3.07. The minimum atomic E-state index is -1.10. The summed E-state index contributed by atoms with van der Waals surface area (Å²) in [5, 5.41) is 9.30. The van der Waals surface area contributed by atoms with Crippen LogP contribution < -0.4 is 9.47 Å². The topological polar surface area (TPSA) is 82.1 Å². The molecule has 1 aromatic carbocycles. The summed E-state index contributed by atoms with van der Waals surface area (Å²) in [5.41, 5.74) is -0.185. The first kappa shape index (κ1) is 15.3. The third kappa shape index (κ3) is 2.35. The Balaban J connectivity index is 2.67. The van der Waals surface area contributed by atoms with Crippen LogP contribution in [0.2, 0.25) is 0 Å². The summed E-state index contributed by atoms with van der Waals surface area (Å²) in [5.74, 6) is -1.16. The van der Waals surface area contributed by atoms with Crippen LogP contribution in [0.3, 0.4) is 0 Å². The Kier molecular flexibility index (Phi) is 3.91. The fourth-order valence-electron chi connectivity index (χ4n) is 2.49. The van der Waals surface area contributed by atoms with Crippen molar-refractivity contribution >= 4 is 11.8 Å². The number of hydrogen-bond acceptors (Lipinski definition) is 5. The third-order valence-corrected chi connectivity index (χ3v) is 4.06. The van der Waals surface area contributed by atoms with Crippen LogP contribution in [0.5, 0.6) is 11.5 Å². The molecule has 0 bridgehead atoms. The van der Waals surface area contributed by atoms with E-state index in [0.717, 1.165) is 0 Å². The molecule has 6 heteroatoms. The van der Waals surface area contributed by atoms with Crippen LogP contribution >= 0.6 is 0 Å². The summed E-state index contributed by atoms with van der Waals surface area (Å²) >= 11 is 0. The molecule has 0 saturated carbocycles. The number of carbonyl (C=O) groups is 2. The Morgan fingerprint density at radius 1 is 1.33 bits per heavy atom. The zero-order valence-corrected chi connectivity index (χ0v) is 12.4. The van der Waals surface area contributed by atoms with E-state index in [1.165, 1.54) is 14.2 Å². The molecule has 6 nitrogen and oxygen atoms in total. The maximum Gasteiger partial charge on any atom is 0.309 e. The lowest BCUT2D eigenvalue weighted by Crippen LogP contribution is -2.43. The van der Waals surface area contributed by atoms with Crippen molar-refractivity contribution in [2.45, 2.75) is 19.4 Å². The highest BCUT2D eigenvalue weighted by Gasteiger charge is 2.45. The number of aliphatic carboxylic acids is 1. The molecule has 2 atom stereocenters. The third-order valence-electron chi connectivity index (χ3n) is 4.06. The smallest absolute Gasteiger partial charge is 0.309 e. The van der Waals surface area contributed by atoms with Crippen LogP contribution in [-0.2, 0) is 15.1 Å². The molecule has 1 heterocycles. The first-order chi connectivity index (χ1) is 9.85. The van der Waals surface area contributed by atoms with Gasteiger partial charge in [0.1, 0.15) is 12.2 Å². The van der Waals surface area contributed by atoms with E-state index in [1.54, 1.807) is 26.0 Å². The number of Topliss-reactive ketones (excluding diaryl/α,β-unsaturated/α-hetero) is 1. The highest BCUT2D eigenvalue weighted by Crippen LogP contribution is 2.43. The maximum absolute atomic E-state index is 12.1. The van der Waals surface area contributed by atoms with Crippen molar-refractivity contribution in [1.82, 2.24) is 0 Å². The Morgan fingerprint density at radius 2 is 1.90 bits per heavy atom. The quantitative estimate of drug-likeness (QED) is 0.912. The molecule has 114 valence electrons. The van der Waals surface area contributed by atoms with E-state index in [4.69, 9.17) is 14.2 Å². The number of benzene rings is 1. The monoisotopic (exact) mass is 294 g/mol. The van der Waals surface area contributed by atoms with Gasteiger partial charge in [-0.3, -0.25) is 9.59 Å². The first-order valence-electron chi connectivity index (χ1n) is 6.51. The van der Waals surface area contributed by atoms with Crippen LogP contribution in [0, 0.1) is 5.92 Å². The van der Waals surface area contributed by atoms with Gasteiger partial charge in [0.05, 0.1) is 20.1 Å². The number of fused-ring (bicyclic) bond motifs is 1. The van der Waals surface area contributed by atoms with Crippen molar-refractivity contribution < 1.29 is 28.9 Å². The number of ether oxygens (including phenoxy) is 3. The predicted octanol–water partition coefficient (Wildman–Crippen LogP) is 1.85. The van der Waals surface area contributed by atoms with E-state index >= 15 is 0 Å². The van der Waals surface area contributed by atoms with Crippen molar-refractivity contribution in [1.29, 1.82) is 0 Å². The molecule has 0 fully saturated rings. The average molecular weight is 294 g/mol. The SMILES string of the molecule is COc1cc2c(cc1OC)C(C)(C(C)C(=O)O)OCC2=O. The Labute approximate surface area is 122 Å². The number of ketones is 1. The van der Waals surface area contributed by atoms with Gasteiger partial charge in [-0.05, 0) is 31.5 Å². The van der Waals surface area contributed by atoms with Crippen molar-refractivity contribution in [2.24, 2.45) is 5.92 Å². The van der Waals surface area contributed by atoms with Gasteiger partial charge in [-0.15, -0.1) is 0 Å². The summed E-state index contributed by atoms with van der Waals surface area (Å²) in [6.07, 6.45) is 0. The van der Waals surface area contributed by atoms with Crippen LogP contribution in [0.4, 0.5) is 0 Å². The summed E-state index contributed by atoms with van der Waals surface area (Å²) in [7, 11) is 2.96. The second-order valence-electron chi connectivity index (χ2n) is 5.13. The minimum absolute atomic E-state index is 0.156. The van der Waals surface area contributed by atoms with Gasteiger partial charge in [-0.2, -0.15) is 0 Å². The molecular weight excluding hydrogens is 276 g/mol. The number of hydrogen-bond donors (Lipinski definition) is 1. The molecule has 0 aliphatic carbocycles. The minimum Gasteiger partial charge on any atom is -0.493 e. The molecule has 1 aliphatic heterocycles. The van der Waals surface area contributed by atoms with Gasteiger partial charge in [0.15, 0.2) is 17.3 Å². The average Bonchev–Trinajstić information content (AvgIpc) is 2.49. The maximum atomic E-state index is 12.1. The molecule has 0 amide bonds. The number of carboxylic acids is 1. The largest absolute Gasteiger partial charge is 0.493 e. The Bertz CT molecular complexity index is 594. The molecule has 1 N–H and O–H groups in total. The van der Waals surface area contributed by atoms with E-state index in [-0.39, 0.29) is 12.4 Å². The lowest BCUT2D eigenvalue weighted by atomic mass is 9.78. The Hall–Kier alpha value is -2.08. The highest BCUT2D eigenvalue weighted by atomic mass is 16.5. The van der Waals surface area contributed by atoms with Crippen LogP contribution in [0.25, 0.3) is 0 Å². The fraction of sp³-hybridized carbons (Fsp3) is 0.467. The van der Waals surface area contributed by atoms with Gasteiger partial charge in [0, 0.05) is 5.56 Å². The molecule has 1 aromatic rings. The highest BCUT2D eigenvalue weighted by molar-refractivity contribution is 6.00. The number of carboxylic acid groups (broad SMARTS) is 1. The number of methoxy groups -OCH3 is 2. The molecule has 0 saturated heterocycles. The molecule has 2 unspecified atom stereocenters. The molecule has 21 heavy (non-hydrogen) atoms. The van der Waals surface area contributed by atoms with Crippen molar-refractivity contribution in [3.63, 3.8) is 0 Å². The van der Waals surface area contributed by atoms with Gasteiger partial charge in [-0.1, -0.05) is 0 Å². The van der Waals surface area contributed by atoms with Crippen LogP contribution in [0.1, 0.15) is 29.8 Å². The van der Waals surface area contributed by atoms with Gasteiger partial charge in [0.25, 0.3) is 0 Å². The molecular formula is C15H18O6.